The van der Waals surface area contributed by atoms with Crippen molar-refractivity contribution < 1.29 is 0 Å². The summed E-state index contributed by atoms with van der Waals surface area (Å²) >= 11 is 1.71. The Labute approximate surface area is 168 Å². The molecular weight excluding hydrogens is 433 g/mol. The summed E-state index contributed by atoms with van der Waals surface area (Å²) in [5, 5.41) is 9.96. The fraction of sp³-hybridized carbons (Fsp3) is 0.765. The van der Waals surface area contributed by atoms with Crippen LogP contribution in [-0.4, -0.2) is 54.1 Å². The van der Waals surface area contributed by atoms with Gasteiger partial charge in [-0.15, -0.1) is 35.3 Å². The van der Waals surface area contributed by atoms with Crippen LogP contribution in [0.3, 0.4) is 0 Å². The number of rotatable bonds is 9. The van der Waals surface area contributed by atoms with Crippen LogP contribution >= 0.6 is 35.3 Å². The second-order valence-corrected chi connectivity index (χ2v) is 7.28. The lowest BCUT2D eigenvalue weighted by Crippen LogP contribution is -2.41. The normalized spacial score (nSPS) is 12.0. The van der Waals surface area contributed by atoms with Crippen molar-refractivity contribution in [2.45, 2.75) is 60.0 Å². The Morgan fingerprint density at radius 1 is 1.25 bits per heavy atom. The number of aryl methyl sites for hydroxylation is 1. The van der Waals surface area contributed by atoms with Crippen molar-refractivity contribution in [3.8, 4) is 0 Å². The quantitative estimate of drug-likeness (QED) is 0.333. The van der Waals surface area contributed by atoms with E-state index in [4.69, 9.17) is 0 Å². The maximum absolute atomic E-state index is 4.69. The number of halogens is 1. The van der Waals surface area contributed by atoms with Crippen LogP contribution in [0.1, 0.15) is 45.3 Å². The number of nitrogens with zero attached hydrogens (tertiary/aromatic N) is 3. The molecule has 1 aromatic rings. The summed E-state index contributed by atoms with van der Waals surface area (Å²) in [7, 11) is 0. The summed E-state index contributed by atoms with van der Waals surface area (Å²) in [5.41, 5.74) is 1.15. The largest absolute Gasteiger partial charge is 0.357 e. The molecule has 0 unspecified atom stereocenters. The standard InChI is InChI=1S/C17H33N5S.HI/c1-7-18-17(19-9-8-16-12-23-15(6)21-16)20-10-11-22(13(2)3)14(4)5;/h12-14H,7-11H2,1-6H3,(H2,18,19,20);1H. The molecule has 1 aromatic heterocycles. The summed E-state index contributed by atoms with van der Waals surface area (Å²) < 4.78 is 0. The SMILES string of the molecule is CCNC(=NCCN(C(C)C)C(C)C)NCCc1csc(C)n1.I. The average molecular weight is 467 g/mol. The van der Waals surface area contributed by atoms with Gasteiger partial charge in [0, 0.05) is 43.5 Å². The Morgan fingerprint density at radius 2 is 1.92 bits per heavy atom. The minimum absolute atomic E-state index is 0. The first kappa shape index (κ1) is 23.6. The van der Waals surface area contributed by atoms with Gasteiger partial charge in [-0.2, -0.15) is 0 Å². The van der Waals surface area contributed by atoms with Crippen molar-refractivity contribution in [2.24, 2.45) is 4.99 Å². The van der Waals surface area contributed by atoms with Gasteiger partial charge in [-0.3, -0.25) is 9.89 Å². The number of thiazole rings is 1. The lowest BCUT2D eigenvalue weighted by atomic mass is 10.2. The van der Waals surface area contributed by atoms with E-state index in [0.29, 0.717) is 12.1 Å². The maximum Gasteiger partial charge on any atom is 0.191 e. The molecule has 24 heavy (non-hydrogen) atoms. The van der Waals surface area contributed by atoms with Crippen LogP contribution in [0.15, 0.2) is 10.4 Å². The number of guanidine groups is 1. The van der Waals surface area contributed by atoms with E-state index in [1.54, 1.807) is 11.3 Å². The Bertz CT molecular complexity index is 465. The molecule has 0 saturated carbocycles. The van der Waals surface area contributed by atoms with Gasteiger partial charge < -0.3 is 10.6 Å². The topological polar surface area (TPSA) is 52.6 Å². The first-order valence-corrected chi connectivity index (χ1v) is 9.50. The molecule has 0 bridgehead atoms. The van der Waals surface area contributed by atoms with E-state index in [1.165, 1.54) is 0 Å². The van der Waals surface area contributed by atoms with E-state index >= 15 is 0 Å². The first-order valence-electron chi connectivity index (χ1n) is 8.63. The second-order valence-electron chi connectivity index (χ2n) is 6.22. The van der Waals surface area contributed by atoms with E-state index in [-0.39, 0.29) is 24.0 Å². The molecule has 2 N–H and O–H groups in total. The molecular formula is C17H34IN5S. The van der Waals surface area contributed by atoms with E-state index in [2.05, 4.69) is 65.5 Å². The van der Waals surface area contributed by atoms with Crippen LogP contribution in [-0.2, 0) is 6.42 Å². The van der Waals surface area contributed by atoms with Gasteiger partial charge in [-0.1, -0.05) is 0 Å². The van der Waals surface area contributed by atoms with Crippen LogP contribution in [0.4, 0.5) is 0 Å². The van der Waals surface area contributed by atoms with E-state index in [1.807, 2.05) is 6.92 Å². The zero-order chi connectivity index (χ0) is 17.2. The average Bonchev–Trinajstić information content (AvgIpc) is 2.88. The van der Waals surface area contributed by atoms with E-state index in [0.717, 1.165) is 49.3 Å². The van der Waals surface area contributed by atoms with Crippen LogP contribution in [0.2, 0.25) is 0 Å². The smallest absolute Gasteiger partial charge is 0.191 e. The molecule has 0 spiro atoms. The maximum atomic E-state index is 4.69. The highest BCUT2D eigenvalue weighted by atomic mass is 127. The monoisotopic (exact) mass is 467 g/mol. The molecule has 0 radical (unpaired) electrons. The Kier molecular flexibility index (Phi) is 12.7. The molecule has 5 nitrogen and oxygen atoms in total. The predicted octanol–water partition coefficient (Wildman–Crippen LogP) is 3.29. The van der Waals surface area contributed by atoms with E-state index in [9.17, 15) is 0 Å². The Morgan fingerprint density at radius 3 is 2.42 bits per heavy atom. The lowest BCUT2D eigenvalue weighted by Gasteiger charge is -2.29. The first-order chi connectivity index (χ1) is 10.9. The van der Waals surface area contributed by atoms with Crippen molar-refractivity contribution in [1.82, 2.24) is 20.5 Å². The third-order valence-corrected chi connectivity index (χ3v) is 4.46. The third kappa shape index (κ3) is 9.17. The van der Waals surface area contributed by atoms with Gasteiger partial charge in [0.05, 0.1) is 17.2 Å². The number of hydrogen-bond acceptors (Lipinski definition) is 4. The molecule has 0 aliphatic rings. The summed E-state index contributed by atoms with van der Waals surface area (Å²) in [6.45, 7) is 16.6. The molecule has 7 heteroatoms. The molecule has 0 atom stereocenters. The molecule has 0 fully saturated rings. The van der Waals surface area contributed by atoms with Crippen LogP contribution < -0.4 is 10.6 Å². The summed E-state index contributed by atoms with van der Waals surface area (Å²) in [6, 6.07) is 1.10. The lowest BCUT2D eigenvalue weighted by molar-refractivity contribution is 0.181. The highest BCUT2D eigenvalue weighted by molar-refractivity contribution is 14.0. The summed E-state index contributed by atoms with van der Waals surface area (Å²) in [4.78, 5) is 11.6. The van der Waals surface area contributed by atoms with Gasteiger partial charge in [0.15, 0.2) is 5.96 Å². The van der Waals surface area contributed by atoms with Gasteiger partial charge in [0.25, 0.3) is 0 Å². The molecule has 0 amide bonds. The number of aliphatic imine (C=N–C) groups is 1. The van der Waals surface area contributed by atoms with Crippen molar-refractivity contribution in [3.63, 3.8) is 0 Å². The summed E-state index contributed by atoms with van der Waals surface area (Å²) in [5.74, 6) is 0.895. The van der Waals surface area contributed by atoms with Crippen molar-refractivity contribution in [3.05, 3.63) is 16.1 Å². The van der Waals surface area contributed by atoms with Crippen LogP contribution in [0, 0.1) is 6.92 Å². The third-order valence-electron chi connectivity index (χ3n) is 3.64. The van der Waals surface area contributed by atoms with Crippen molar-refractivity contribution in [2.75, 3.05) is 26.2 Å². The van der Waals surface area contributed by atoms with Crippen molar-refractivity contribution >= 4 is 41.3 Å². The molecule has 1 heterocycles. The highest BCUT2D eigenvalue weighted by Crippen LogP contribution is 2.07. The summed E-state index contributed by atoms with van der Waals surface area (Å²) in [6.07, 6.45) is 0.929. The number of hydrogen-bond donors (Lipinski definition) is 2. The Hall–Kier alpha value is -0.410. The highest BCUT2D eigenvalue weighted by Gasteiger charge is 2.12. The van der Waals surface area contributed by atoms with Crippen LogP contribution in [0.5, 0.6) is 0 Å². The fourth-order valence-corrected chi connectivity index (χ4v) is 3.21. The van der Waals surface area contributed by atoms with Gasteiger partial charge >= 0.3 is 0 Å². The predicted molar refractivity (Wildman–Crippen MR) is 117 cm³/mol. The molecule has 0 saturated heterocycles. The number of aromatic nitrogens is 1. The van der Waals surface area contributed by atoms with Gasteiger partial charge in [0.2, 0.25) is 0 Å². The van der Waals surface area contributed by atoms with Crippen molar-refractivity contribution in [1.29, 1.82) is 0 Å². The molecule has 0 aliphatic carbocycles. The minimum Gasteiger partial charge on any atom is -0.357 e. The van der Waals surface area contributed by atoms with Crippen LogP contribution in [0.25, 0.3) is 0 Å². The fourth-order valence-electron chi connectivity index (χ4n) is 2.56. The zero-order valence-electron chi connectivity index (χ0n) is 15.9. The molecule has 140 valence electrons. The van der Waals surface area contributed by atoms with Gasteiger partial charge in [-0.25, -0.2) is 4.98 Å². The minimum atomic E-state index is 0. The molecule has 0 aromatic carbocycles. The molecule has 0 aliphatic heterocycles. The molecule has 1 rings (SSSR count). The Balaban J connectivity index is 0.00000529. The van der Waals surface area contributed by atoms with Gasteiger partial charge in [-0.05, 0) is 41.5 Å². The number of nitrogens with one attached hydrogen (secondary N) is 2. The van der Waals surface area contributed by atoms with Gasteiger partial charge in [0.1, 0.15) is 0 Å². The zero-order valence-corrected chi connectivity index (χ0v) is 19.1. The second kappa shape index (κ2) is 12.9. The van der Waals surface area contributed by atoms with E-state index < -0.39 is 0 Å².